The summed E-state index contributed by atoms with van der Waals surface area (Å²) in [5.74, 6) is 0.209. The molecule has 0 radical (unpaired) electrons. The summed E-state index contributed by atoms with van der Waals surface area (Å²) < 4.78 is 68.0. The number of aliphatic hydroxyl groups excluding tert-OH is 1. The van der Waals surface area contributed by atoms with E-state index in [1.54, 1.807) is 0 Å². The first-order chi connectivity index (χ1) is 41.8. The lowest BCUT2D eigenvalue weighted by Crippen LogP contribution is -2.30. The Kier molecular flexibility index (Phi) is 57.8. The molecule has 0 saturated carbocycles. The smallest absolute Gasteiger partial charge is 0.462 e. The van der Waals surface area contributed by atoms with Gasteiger partial charge >= 0.3 is 39.5 Å². The van der Waals surface area contributed by atoms with Crippen LogP contribution in [0.1, 0.15) is 337 Å². The van der Waals surface area contributed by atoms with Crippen molar-refractivity contribution in [3.05, 3.63) is 0 Å². The van der Waals surface area contributed by atoms with E-state index < -0.39 is 97.5 Å². The van der Waals surface area contributed by atoms with Crippen molar-refractivity contribution in [1.82, 2.24) is 0 Å². The van der Waals surface area contributed by atoms with Crippen molar-refractivity contribution in [3.63, 3.8) is 0 Å². The van der Waals surface area contributed by atoms with Crippen LogP contribution in [0.15, 0.2) is 0 Å². The first-order valence-electron chi connectivity index (χ1n) is 35.4. The van der Waals surface area contributed by atoms with Gasteiger partial charge in [0.2, 0.25) is 0 Å². The molecule has 0 saturated heterocycles. The van der Waals surface area contributed by atoms with E-state index in [4.69, 9.17) is 37.0 Å². The van der Waals surface area contributed by atoms with E-state index in [-0.39, 0.29) is 25.7 Å². The number of unbranched alkanes of at least 4 members (excludes halogenated alkanes) is 32. The second kappa shape index (κ2) is 59.1. The molecule has 0 aromatic carbocycles. The largest absolute Gasteiger partial charge is 0.472 e. The number of ether oxygens (including phenoxy) is 4. The highest BCUT2D eigenvalue weighted by atomic mass is 31.2. The summed E-state index contributed by atoms with van der Waals surface area (Å²) in [4.78, 5) is 72.1. The van der Waals surface area contributed by atoms with Crippen LogP contribution in [0.4, 0.5) is 0 Å². The van der Waals surface area contributed by atoms with Crippen LogP contribution in [0, 0.1) is 17.8 Å². The molecule has 3 N–H and O–H groups in total. The van der Waals surface area contributed by atoms with Crippen molar-refractivity contribution < 1.29 is 80.2 Å². The Labute approximate surface area is 530 Å². The van der Waals surface area contributed by atoms with Crippen LogP contribution in [-0.4, -0.2) is 96.7 Å². The van der Waals surface area contributed by atoms with E-state index in [1.807, 2.05) is 0 Å². The number of hydrogen-bond donors (Lipinski definition) is 3. The van der Waals surface area contributed by atoms with Gasteiger partial charge in [-0.25, -0.2) is 9.13 Å². The van der Waals surface area contributed by atoms with Gasteiger partial charge in [0.15, 0.2) is 12.2 Å². The summed E-state index contributed by atoms with van der Waals surface area (Å²) in [6.45, 7) is 11.8. The Morgan fingerprint density at radius 2 is 0.586 bits per heavy atom. The lowest BCUT2D eigenvalue weighted by molar-refractivity contribution is -0.161. The van der Waals surface area contributed by atoms with Gasteiger partial charge in [0.1, 0.15) is 19.3 Å². The zero-order chi connectivity index (χ0) is 64.5. The van der Waals surface area contributed by atoms with E-state index >= 15 is 0 Å². The molecular weight excluding hydrogens is 1150 g/mol. The first-order valence-corrected chi connectivity index (χ1v) is 38.4. The van der Waals surface area contributed by atoms with Crippen LogP contribution >= 0.6 is 15.6 Å². The number of carbonyl (C=O) groups is 4. The van der Waals surface area contributed by atoms with Crippen LogP contribution in [0.25, 0.3) is 0 Å². The lowest BCUT2D eigenvalue weighted by atomic mass is 9.99. The predicted octanol–water partition coefficient (Wildman–Crippen LogP) is 19.1. The van der Waals surface area contributed by atoms with Gasteiger partial charge < -0.3 is 33.8 Å². The maximum atomic E-state index is 13.0. The summed E-state index contributed by atoms with van der Waals surface area (Å²) in [5, 5.41) is 10.5. The van der Waals surface area contributed by atoms with Gasteiger partial charge in [0, 0.05) is 25.7 Å². The minimum absolute atomic E-state index is 0.102. The highest BCUT2D eigenvalue weighted by Gasteiger charge is 2.30. The third kappa shape index (κ3) is 60.1. The molecule has 0 fully saturated rings. The van der Waals surface area contributed by atoms with Gasteiger partial charge in [0.05, 0.1) is 26.4 Å². The number of esters is 4. The third-order valence-corrected chi connectivity index (χ3v) is 18.3. The normalized spacial score (nSPS) is 14.9. The molecule has 0 aliphatic rings. The summed E-state index contributed by atoms with van der Waals surface area (Å²) in [6, 6.07) is 0. The second-order valence-corrected chi connectivity index (χ2v) is 28.4. The van der Waals surface area contributed by atoms with Crippen molar-refractivity contribution >= 4 is 39.5 Å². The molecule has 0 aromatic heterocycles. The number of aliphatic hydroxyl groups is 1. The van der Waals surface area contributed by atoms with E-state index in [0.717, 1.165) is 108 Å². The van der Waals surface area contributed by atoms with Crippen molar-refractivity contribution in [2.45, 2.75) is 356 Å². The van der Waals surface area contributed by atoms with Crippen molar-refractivity contribution in [2.24, 2.45) is 17.8 Å². The molecule has 0 bridgehead atoms. The van der Waals surface area contributed by atoms with Gasteiger partial charge in [-0.15, -0.1) is 0 Å². The van der Waals surface area contributed by atoms with E-state index in [2.05, 4.69) is 48.5 Å². The Balaban J connectivity index is 5.17. The molecule has 0 amide bonds. The second-order valence-electron chi connectivity index (χ2n) is 25.5. The molecule has 0 spiro atoms. The summed E-state index contributed by atoms with van der Waals surface area (Å²) in [6.07, 6.45) is 42.0. The van der Waals surface area contributed by atoms with Gasteiger partial charge in [-0.1, -0.05) is 286 Å². The van der Waals surface area contributed by atoms with E-state index in [0.29, 0.717) is 31.6 Å². The van der Waals surface area contributed by atoms with Crippen LogP contribution in [0.2, 0.25) is 0 Å². The SMILES string of the molecule is CCCCCCCC(=O)OC[C@H](COP(=O)(O)OC[C@H](O)COP(=O)(O)OC[C@@H](COC(=O)CCCCCCCCCCCCC(C)CC)OC(=O)CCCCCCCCCCCCCCCCC(C)CC)OC(=O)CCCCCCCCCC(C)C. The van der Waals surface area contributed by atoms with E-state index in [9.17, 15) is 43.2 Å². The maximum absolute atomic E-state index is 13.0. The number of phosphoric ester groups is 2. The molecule has 4 unspecified atom stereocenters. The lowest BCUT2D eigenvalue weighted by Gasteiger charge is -2.21. The summed E-state index contributed by atoms with van der Waals surface area (Å²) in [7, 11) is -9.89. The minimum atomic E-state index is -4.95. The van der Waals surface area contributed by atoms with Gasteiger partial charge in [0.25, 0.3) is 0 Å². The Morgan fingerprint density at radius 1 is 0.333 bits per heavy atom. The molecule has 17 nitrogen and oxygen atoms in total. The highest BCUT2D eigenvalue weighted by Crippen LogP contribution is 2.45. The van der Waals surface area contributed by atoms with E-state index in [1.165, 1.54) is 141 Å². The molecule has 87 heavy (non-hydrogen) atoms. The quantitative estimate of drug-likeness (QED) is 0.0222. The molecular formula is C68H132O17P2. The third-order valence-electron chi connectivity index (χ3n) is 16.4. The Morgan fingerprint density at radius 3 is 0.874 bits per heavy atom. The molecule has 7 atom stereocenters. The molecule has 516 valence electrons. The van der Waals surface area contributed by atoms with Crippen LogP contribution < -0.4 is 0 Å². The Hall–Kier alpha value is -1.94. The molecule has 0 rings (SSSR count). The van der Waals surface area contributed by atoms with Crippen LogP contribution in [-0.2, 0) is 65.4 Å². The average Bonchev–Trinajstić information content (AvgIpc) is 3.65. The van der Waals surface area contributed by atoms with Gasteiger partial charge in [-0.3, -0.25) is 37.3 Å². The first kappa shape index (κ1) is 85.1. The topological polar surface area (TPSA) is 237 Å². The predicted molar refractivity (Wildman–Crippen MR) is 349 cm³/mol. The van der Waals surface area contributed by atoms with Crippen molar-refractivity contribution in [2.75, 3.05) is 39.6 Å². The minimum Gasteiger partial charge on any atom is -0.462 e. The van der Waals surface area contributed by atoms with Gasteiger partial charge in [-0.2, -0.15) is 0 Å². The summed E-state index contributed by atoms with van der Waals surface area (Å²) >= 11 is 0. The number of hydrogen-bond acceptors (Lipinski definition) is 15. The highest BCUT2D eigenvalue weighted by molar-refractivity contribution is 7.47. The fraction of sp³-hybridized carbons (Fsp3) is 0.941. The Bertz CT molecular complexity index is 1720. The zero-order valence-corrected chi connectivity index (χ0v) is 58.3. The molecule has 0 aliphatic carbocycles. The number of rotatable bonds is 66. The van der Waals surface area contributed by atoms with Crippen molar-refractivity contribution in [1.29, 1.82) is 0 Å². The van der Waals surface area contributed by atoms with Crippen LogP contribution in [0.3, 0.4) is 0 Å². The number of phosphoric acid groups is 2. The fourth-order valence-electron chi connectivity index (χ4n) is 10.1. The molecule has 19 heteroatoms. The average molecular weight is 1280 g/mol. The van der Waals surface area contributed by atoms with Crippen molar-refractivity contribution in [3.8, 4) is 0 Å². The maximum Gasteiger partial charge on any atom is 0.472 e. The fourth-order valence-corrected chi connectivity index (χ4v) is 11.7. The summed E-state index contributed by atoms with van der Waals surface area (Å²) in [5.41, 5.74) is 0. The number of carbonyl (C=O) groups excluding carboxylic acids is 4. The molecule has 0 heterocycles. The van der Waals surface area contributed by atoms with Gasteiger partial charge in [-0.05, 0) is 43.4 Å². The monoisotopic (exact) mass is 1280 g/mol. The zero-order valence-electron chi connectivity index (χ0n) is 56.5. The molecule has 0 aromatic rings. The molecule has 0 aliphatic heterocycles. The standard InChI is InChI=1S/C68H132O17P2/c1-8-11-12-32-42-49-65(70)78-55-63(84-68(73)52-45-38-31-25-26-33-39-46-59(4)5)57-82-86(74,75)80-53-62(69)54-81-87(76,77)83-58-64(56-79-66(71)50-43-36-29-23-20-19-22-28-35-41-48-61(7)10-3)85-67(72)51-44-37-30-24-18-16-14-13-15-17-21-27-34-40-47-60(6)9-2/h59-64,69H,8-58H2,1-7H3,(H,74,75)(H,76,77)/t60?,61?,62-,63+,64+/m0/s1. The van der Waals surface area contributed by atoms with Crippen LogP contribution in [0.5, 0.6) is 0 Å².